The summed E-state index contributed by atoms with van der Waals surface area (Å²) < 4.78 is 37.5. The third-order valence-corrected chi connectivity index (χ3v) is 3.84. The lowest BCUT2D eigenvalue weighted by Crippen LogP contribution is -2.44. The van der Waals surface area contributed by atoms with E-state index in [-0.39, 0.29) is 6.42 Å². The van der Waals surface area contributed by atoms with Gasteiger partial charge in [0.15, 0.2) is 0 Å². The van der Waals surface area contributed by atoms with Crippen LogP contribution in [-0.4, -0.2) is 35.8 Å². The summed E-state index contributed by atoms with van der Waals surface area (Å²) in [6.45, 7) is -0.0111. The summed E-state index contributed by atoms with van der Waals surface area (Å²) in [6.07, 6.45) is 0.855. The van der Waals surface area contributed by atoms with E-state index in [0.717, 1.165) is 0 Å². The number of carboxylic acids is 1. The zero-order valence-electron chi connectivity index (χ0n) is 11.9. The van der Waals surface area contributed by atoms with Gasteiger partial charge in [-0.1, -0.05) is 11.6 Å². The molecule has 0 saturated carbocycles. The Hall–Kier alpha value is -1.40. The number of epoxide rings is 1. The average Bonchev–Trinajstić information content (AvgIpc) is 3.26. The predicted octanol–water partition coefficient (Wildman–Crippen LogP) is 3.77. The first-order valence-electron chi connectivity index (χ1n) is 7.01. The minimum atomic E-state index is -3.34. The monoisotopic (exact) mass is 334 g/mol. The second-order valence-corrected chi connectivity index (χ2v) is 5.67. The molecule has 0 radical (unpaired) electrons. The molecule has 122 valence electrons. The maximum Gasteiger partial charge on any atom is 0.344 e. The molecule has 1 unspecified atom stereocenters. The first-order valence-corrected chi connectivity index (χ1v) is 7.39. The second-order valence-electron chi connectivity index (χ2n) is 5.24. The Balaban J connectivity index is 1.63. The fraction of sp³-hybridized carbons (Fsp3) is 0.533. The summed E-state index contributed by atoms with van der Waals surface area (Å²) in [7, 11) is 0. The van der Waals surface area contributed by atoms with Gasteiger partial charge in [0.05, 0.1) is 13.2 Å². The molecule has 4 nitrogen and oxygen atoms in total. The number of carboxylic acid groups (broad SMARTS) is 1. The molecule has 0 aromatic heterocycles. The molecular formula is C15H17ClF2O4. The van der Waals surface area contributed by atoms with Gasteiger partial charge in [-0.2, -0.15) is 0 Å². The van der Waals surface area contributed by atoms with Crippen LogP contribution in [-0.2, 0) is 9.53 Å². The molecule has 7 heteroatoms. The number of benzene rings is 1. The van der Waals surface area contributed by atoms with E-state index in [1.54, 1.807) is 24.3 Å². The van der Waals surface area contributed by atoms with Gasteiger partial charge in [-0.25, -0.2) is 13.6 Å². The summed E-state index contributed by atoms with van der Waals surface area (Å²) in [5.74, 6) is -4.26. The number of ether oxygens (including phenoxy) is 2. The van der Waals surface area contributed by atoms with E-state index < -0.39 is 30.5 Å². The van der Waals surface area contributed by atoms with Crippen molar-refractivity contribution in [2.24, 2.45) is 0 Å². The smallest absolute Gasteiger partial charge is 0.344 e. The number of carbonyl (C=O) groups is 1. The van der Waals surface area contributed by atoms with Crippen LogP contribution in [0.1, 0.15) is 25.7 Å². The van der Waals surface area contributed by atoms with E-state index in [0.29, 0.717) is 30.2 Å². The summed E-state index contributed by atoms with van der Waals surface area (Å²) >= 11 is 5.74. The van der Waals surface area contributed by atoms with E-state index in [9.17, 15) is 13.6 Å². The number of aliphatic carboxylic acids is 1. The van der Waals surface area contributed by atoms with Crippen LogP contribution in [0.15, 0.2) is 24.3 Å². The van der Waals surface area contributed by atoms with Crippen molar-refractivity contribution in [2.75, 3.05) is 13.2 Å². The van der Waals surface area contributed by atoms with Crippen LogP contribution in [0.5, 0.6) is 5.75 Å². The number of halogens is 3. The van der Waals surface area contributed by atoms with Gasteiger partial charge >= 0.3 is 5.97 Å². The normalized spacial score (nSPS) is 20.7. The number of hydrogen-bond donors (Lipinski definition) is 1. The largest absolute Gasteiger partial charge is 0.494 e. The lowest BCUT2D eigenvalue weighted by atomic mass is 9.97. The topological polar surface area (TPSA) is 59.1 Å². The first kappa shape index (κ1) is 17.0. The zero-order chi connectivity index (χ0) is 16.2. The van der Waals surface area contributed by atoms with Crippen molar-refractivity contribution in [3.05, 3.63) is 29.3 Å². The van der Waals surface area contributed by atoms with Crippen LogP contribution >= 0.6 is 11.6 Å². The molecule has 0 aliphatic carbocycles. The quantitative estimate of drug-likeness (QED) is 0.551. The molecule has 1 saturated heterocycles. The van der Waals surface area contributed by atoms with Crippen LogP contribution in [0.25, 0.3) is 0 Å². The zero-order valence-corrected chi connectivity index (χ0v) is 12.6. The molecule has 1 atom stereocenters. The molecule has 0 bridgehead atoms. The van der Waals surface area contributed by atoms with Gasteiger partial charge in [0.1, 0.15) is 5.75 Å². The Labute approximate surface area is 132 Å². The fourth-order valence-electron chi connectivity index (χ4n) is 2.11. The van der Waals surface area contributed by atoms with Crippen molar-refractivity contribution in [2.45, 2.75) is 37.2 Å². The summed E-state index contributed by atoms with van der Waals surface area (Å²) in [4.78, 5) is 10.8. The van der Waals surface area contributed by atoms with Crippen LogP contribution in [0.2, 0.25) is 5.02 Å². The maximum absolute atomic E-state index is 13.8. The van der Waals surface area contributed by atoms with Gasteiger partial charge in [-0.15, -0.1) is 0 Å². The highest BCUT2D eigenvalue weighted by atomic mass is 35.5. The van der Waals surface area contributed by atoms with E-state index >= 15 is 0 Å². The Morgan fingerprint density at radius 1 is 1.32 bits per heavy atom. The third kappa shape index (κ3) is 3.87. The van der Waals surface area contributed by atoms with Crippen molar-refractivity contribution in [1.82, 2.24) is 0 Å². The van der Waals surface area contributed by atoms with Gasteiger partial charge < -0.3 is 14.6 Å². The van der Waals surface area contributed by atoms with Crippen molar-refractivity contribution in [3.8, 4) is 5.75 Å². The van der Waals surface area contributed by atoms with Crippen LogP contribution < -0.4 is 4.74 Å². The van der Waals surface area contributed by atoms with Crippen LogP contribution in [0.4, 0.5) is 8.78 Å². The Bertz CT molecular complexity index is 515. The van der Waals surface area contributed by atoms with E-state index in [4.69, 9.17) is 21.4 Å². The fourth-order valence-corrected chi connectivity index (χ4v) is 2.24. The van der Waals surface area contributed by atoms with E-state index in [1.807, 2.05) is 0 Å². The minimum Gasteiger partial charge on any atom is -0.494 e. The number of hydrogen-bond acceptors (Lipinski definition) is 3. The lowest BCUT2D eigenvalue weighted by Gasteiger charge is -2.20. The van der Waals surface area contributed by atoms with Gasteiger partial charge in [0.25, 0.3) is 11.5 Å². The molecule has 0 amide bonds. The molecule has 1 heterocycles. The average molecular weight is 335 g/mol. The maximum atomic E-state index is 13.8. The summed E-state index contributed by atoms with van der Waals surface area (Å²) in [5, 5.41) is 9.41. The summed E-state index contributed by atoms with van der Waals surface area (Å²) in [6, 6.07) is 6.88. The molecule has 1 aliphatic heterocycles. The number of unbranched alkanes of at least 4 members (excludes halogenated alkanes) is 2. The number of rotatable bonds is 9. The molecular weight excluding hydrogens is 318 g/mol. The van der Waals surface area contributed by atoms with Crippen molar-refractivity contribution >= 4 is 17.6 Å². The Kier molecular flexibility index (Phi) is 5.24. The minimum absolute atomic E-state index is 0.218. The molecule has 1 fully saturated rings. The Morgan fingerprint density at radius 2 is 1.95 bits per heavy atom. The van der Waals surface area contributed by atoms with Crippen molar-refractivity contribution < 1.29 is 28.2 Å². The molecule has 1 aliphatic rings. The molecule has 0 spiro atoms. The predicted molar refractivity (Wildman–Crippen MR) is 76.7 cm³/mol. The molecule has 2 rings (SSSR count). The first-order chi connectivity index (χ1) is 10.4. The van der Waals surface area contributed by atoms with Crippen LogP contribution in [0.3, 0.4) is 0 Å². The van der Waals surface area contributed by atoms with Gasteiger partial charge in [-0.05, 0) is 43.5 Å². The van der Waals surface area contributed by atoms with Crippen molar-refractivity contribution in [3.63, 3.8) is 0 Å². The Morgan fingerprint density at radius 3 is 2.50 bits per heavy atom. The number of alkyl halides is 2. The highest BCUT2D eigenvalue weighted by Crippen LogP contribution is 2.45. The lowest BCUT2D eigenvalue weighted by molar-refractivity contribution is -0.162. The molecule has 1 N–H and O–H groups in total. The summed E-state index contributed by atoms with van der Waals surface area (Å²) in [5.41, 5.74) is -2.30. The van der Waals surface area contributed by atoms with Gasteiger partial charge in [0.2, 0.25) is 0 Å². The van der Waals surface area contributed by atoms with Crippen molar-refractivity contribution in [1.29, 1.82) is 0 Å². The SMILES string of the molecule is O=C(O)C1(C(F)(F)CCCCCOc2ccc(Cl)cc2)CO1. The van der Waals surface area contributed by atoms with Gasteiger partial charge in [0, 0.05) is 11.4 Å². The van der Waals surface area contributed by atoms with Crippen LogP contribution in [0, 0.1) is 0 Å². The van der Waals surface area contributed by atoms with E-state index in [1.165, 1.54) is 0 Å². The third-order valence-electron chi connectivity index (χ3n) is 3.59. The van der Waals surface area contributed by atoms with E-state index in [2.05, 4.69) is 4.74 Å². The second kappa shape index (κ2) is 6.79. The molecule has 1 aromatic carbocycles. The highest BCUT2D eigenvalue weighted by molar-refractivity contribution is 6.30. The standard InChI is InChI=1S/C15H17ClF2O4/c16-11-4-6-12(7-5-11)21-9-3-1-2-8-15(17,18)14(10-22-14)13(19)20/h4-7H,1-3,8-10H2,(H,19,20). The molecule has 1 aromatic rings. The highest BCUT2D eigenvalue weighted by Gasteiger charge is 2.69. The van der Waals surface area contributed by atoms with Gasteiger partial charge in [-0.3, -0.25) is 0 Å². The molecule has 22 heavy (non-hydrogen) atoms.